The van der Waals surface area contributed by atoms with E-state index in [0.29, 0.717) is 17.1 Å². The van der Waals surface area contributed by atoms with Crippen LogP contribution in [0.1, 0.15) is 33.9 Å². The molecule has 0 bridgehead atoms. The molecule has 2 aromatic rings. The van der Waals surface area contributed by atoms with Gasteiger partial charge in [0.25, 0.3) is 5.91 Å². The number of halogens is 1. The number of fused-ring (bicyclic) bond motifs is 1. The van der Waals surface area contributed by atoms with Gasteiger partial charge in [-0.2, -0.15) is 0 Å². The van der Waals surface area contributed by atoms with Crippen molar-refractivity contribution in [2.75, 3.05) is 0 Å². The lowest BCUT2D eigenvalue weighted by Gasteiger charge is -2.27. The van der Waals surface area contributed by atoms with Crippen molar-refractivity contribution in [1.29, 1.82) is 0 Å². The summed E-state index contributed by atoms with van der Waals surface area (Å²) in [6.45, 7) is 0.426. The molecule has 3 rings (SSSR count). The molecule has 0 aromatic heterocycles. The molecule has 0 fully saturated rings. The number of hydrogen-bond acceptors (Lipinski definition) is 2. The SMILES string of the molecule is O=C(O)C[C@@H](c1ccc(Cl)cc1)N1Cc2ccccc2C1=O. The van der Waals surface area contributed by atoms with Crippen molar-refractivity contribution in [3.63, 3.8) is 0 Å². The number of carboxylic acids is 1. The van der Waals surface area contributed by atoms with Crippen LogP contribution in [0.2, 0.25) is 5.02 Å². The Labute approximate surface area is 132 Å². The summed E-state index contributed by atoms with van der Waals surface area (Å²) in [5.74, 6) is -1.07. The van der Waals surface area contributed by atoms with Crippen LogP contribution >= 0.6 is 11.6 Å². The maximum atomic E-state index is 12.6. The maximum Gasteiger partial charge on any atom is 0.305 e. The summed E-state index contributed by atoms with van der Waals surface area (Å²) in [7, 11) is 0. The quantitative estimate of drug-likeness (QED) is 0.939. The smallest absolute Gasteiger partial charge is 0.305 e. The van der Waals surface area contributed by atoms with Gasteiger partial charge >= 0.3 is 5.97 Å². The molecule has 0 saturated carbocycles. The van der Waals surface area contributed by atoms with Crippen LogP contribution in [0.4, 0.5) is 0 Å². The highest BCUT2D eigenvalue weighted by Crippen LogP contribution is 2.33. The van der Waals surface area contributed by atoms with Gasteiger partial charge in [-0.05, 0) is 29.3 Å². The second-order valence-electron chi connectivity index (χ2n) is 5.26. The Bertz CT molecular complexity index is 727. The van der Waals surface area contributed by atoms with Crippen LogP contribution in [0, 0.1) is 0 Å². The average molecular weight is 316 g/mol. The Balaban J connectivity index is 1.96. The first kappa shape index (κ1) is 14.6. The molecule has 4 nitrogen and oxygen atoms in total. The predicted molar refractivity (Wildman–Crippen MR) is 82.8 cm³/mol. The second kappa shape index (κ2) is 5.81. The molecule has 1 heterocycles. The summed E-state index contributed by atoms with van der Waals surface area (Å²) >= 11 is 5.89. The van der Waals surface area contributed by atoms with Gasteiger partial charge < -0.3 is 10.0 Å². The number of carboxylic acid groups (broad SMARTS) is 1. The number of hydrogen-bond donors (Lipinski definition) is 1. The van der Waals surface area contributed by atoms with Crippen molar-refractivity contribution in [3.8, 4) is 0 Å². The lowest BCUT2D eigenvalue weighted by molar-refractivity contribution is -0.138. The fourth-order valence-corrected chi connectivity index (χ4v) is 2.91. The highest BCUT2D eigenvalue weighted by Gasteiger charge is 2.34. The van der Waals surface area contributed by atoms with Crippen molar-refractivity contribution in [2.45, 2.75) is 19.0 Å². The first-order valence-corrected chi connectivity index (χ1v) is 7.30. The molecular formula is C17H14ClNO3. The first-order chi connectivity index (χ1) is 10.6. The van der Waals surface area contributed by atoms with Crippen LogP contribution in [0.15, 0.2) is 48.5 Å². The van der Waals surface area contributed by atoms with Gasteiger partial charge in [-0.25, -0.2) is 0 Å². The first-order valence-electron chi connectivity index (χ1n) is 6.92. The zero-order valence-corrected chi connectivity index (χ0v) is 12.5. The molecule has 1 aliphatic rings. The molecule has 1 aliphatic heterocycles. The molecule has 0 spiro atoms. The maximum absolute atomic E-state index is 12.6. The van der Waals surface area contributed by atoms with Crippen molar-refractivity contribution in [1.82, 2.24) is 4.90 Å². The Morgan fingerprint density at radius 1 is 1.18 bits per heavy atom. The van der Waals surface area contributed by atoms with E-state index in [0.717, 1.165) is 11.1 Å². The number of amides is 1. The Kier molecular flexibility index (Phi) is 3.86. The molecule has 5 heteroatoms. The monoisotopic (exact) mass is 315 g/mol. The third-order valence-corrected chi connectivity index (χ3v) is 4.10. The van der Waals surface area contributed by atoms with Crippen LogP contribution < -0.4 is 0 Å². The summed E-state index contributed by atoms with van der Waals surface area (Å²) < 4.78 is 0. The van der Waals surface area contributed by atoms with Crippen molar-refractivity contribution >= 4 is 23.5 Å². The van der Waals surface area contributed by atoms with E-state index in [2.05, 4.69) is 0 Å². The highest BCUT2D eigenvalue weighted by atomic mass is 35.5. The summed E-state index contributed by atoms with van der Waals surface area (Å²) in [4.78, 5) is 25.4. The minimum atomic E-state index is -0.941. The molecule has 0 unspecified atom stereocenters. The predicted octanol–water partition coefficient (Wildman–Crippen LogP) is 3.51. The molecule has 1 amide bonds. The second-order valence-corrected chi connectivity index (χ2v) is 5.69. The van der Waals surface area contributed by atoms with E-state index in [9.17, 15) is 14.7 Å². The topological polar surface area (TPSA) is 57.6 Å². The number of nitrogens with zero attached hydrogens (tertiary/aromatic N) is 1. The Morgan fingerprint density at radius 3 is 2.50 bits per heavy atom. The summed E-state index contributed by atoms with van der Waals surface area (Å²) in [6.07, 6.45) is -0.138. The number of rotatable bonds is 4. The lowest BCUT2D eigenvalue weighted by atomic mass is 10.0. The van der Waals surface area contributed by atoms with Gasteiger partial charge in [-0.1, -0.05) is 41.9 Å². The molecule has 1 N–H and O–H groups in total. The van der Waals surface area contributed by atoms with E-state index in [-0.39, 0.29) is 12.3 Å². The molecule has 2 aromatic carbocycles. The Morgan fingerprint density at radius 2 is 1.86 bits per heavy atom. The minimum Gasteiger partial charge on any atom is -0.481 e. The van der Waals surface area contributed by atoms with Gasteiger partial charge in [-0.15, -0.1) is 0 Å². The zero-order valence-electron chi connectivity index (χ0n) is 11.7. The molecular weight excluding hydrogens is 302 g/mol. The lowest BCUT2D eigenvalue weighted by Crippen LogP contribution is -2.30. The molecule has 0 saturated heterocycles. The number of aliphatic carboxylic acids is 1. The number of carbonyl (C=O) groups is 2. The third-order valence-electron chi connectivity index (χ3n) is 3.85. The standard InChI is InChI=1S/C17H14ClNO3/c18-13-7-5-11(6-8-13)15(9-16(20)21)19-10-12-3-1-2-4-14(12)17(19)22/h1-8,15H,9-10H2,(H,20,21)/t15-/m0/s1. The van der Waals surface area contributed by atoms with E-state index in [1.807, 2.05) is 18.2 Å². The van der Waals surface area contributed by atoms with Gasteiger partial charge in [0.2, 0.25) is 0 Å². The van der Waals surface area contributed by atoms with E-state index in [1.54, 1.807) is 35.2 Å². The van der Waals surface area contributed by atoms with E-state index in [1.165, 1.54) is 0 Å². The molecule has 1 atom stereocenters. The number of benzene rings is 2. The third kappa shape index (κ3) is 2.70. The van der Waals surface area contributed by atoms with E-state index < -0.39 is 12.0 Å². The van der Waals surface area contributed by atoms with Crippen LogP contribution in [0.3, 0.4) is 0 Å². The van der Waals surface area contributed by atoms with Crippen LogP contribution in [0.5, 0.6) is 0 Å². The minimum absolute atomic E-state index is 0.128. The molecule has 0 aliphatic carbocycles. The van der Waals surface area contributed by atoms with Crippen molar-refractivity contribution in [2.24, 2.45) is 0 Å². The average Bonchev–Trinajstić information content (AvgIpc) is 2.83. The van der Waals surface area contributed by atoms with Crippen molar-refractivity contribution in [3.05, 3.63) is 70.2 Å². The number of carbonyl (C=O) groups excluding carboxylic acids is 1. The van der Waals surface area contributed by atoms with Crippen molar-refractivity contribution < 1.29 is 14.7 Å². The van der Waals surface area contributed by atoms with Gasteiger partial charge in [0, 0.05) is 17.1 Å². The molecule has 22 heavy (non-hydrogen) atoms. The fraction of sp³-hybridized carbons (Fsp3) is 0.176. The van der Waals surface area contributed by atoms with Gasteiger partial charge in [0.15, 0.2) is 0 Å². The van der Waals surface area contributed by atoms with E-state index in [4.69, 9.17) is 11.6 Å². The summed E-state index contributed by atoms with van der Waals surface area (Å²) in [5.41, 5.74) is 2.34. The molecule has 112 valence electrons. The largest absolute Gasteiger partial charge is 0.481 e. The van der Waals surface area contributed by atoms with Gasteiger partial charge in [0.1, 0.15) is 0 Å². The van der Waals surface area contributed by atoms with E-state index >= 15 is 0 Å². The van der Waals surface area contributed by atoms with Gasteiger partial charge in [-0.3, -0.25) is 9.59 Å². The summed E-state index contributed by atoms with van der Waals surface area (Å²) in [6, 6.07) is 13.8. The fourth-order valence-electron chi connectivity index (χ4n) is 2.79. The molecule has 0 radical (unpaired) electrons. The van der Waals surface area contributed by atoms with Crippen LogP contribution in [-0.2, 0) is 11.3 Å². The van der Waals surface area contributed by atoms with Crippen LogP contribution in [0.25, 0.3) is 0 Å². The van der Waals surface area contributed by atoms with Crippen LogP contribution in [-0.4, -0.2) is 21.9 Å². The zero-order chi connectivity index (χ0) is 15.7. The summed E-state index contributed by atoms with van der Waals surface area (Å²) in [5, 5.41) is 9.78. The van der Waals surface area contributed by atoms with Gasteiger partial charge in [0.05, 0.1) is 12.5 Å². The Hall–Kier alpha value is -2.33. The highest BCUT2D eigenvalue weighted by molar-refractivity contribution is 6.30. The normalized spacial score (nSPS) is 14.8.